The van der Waals surface area contributed by atoms with E-state index in [0.29, 0.717) is 11.4 Å². The first kappa shape index (κ1) is 9.92. The number of methoxy groups -OCH3 is 1. The number of aromatic amines is 1. The van der Waals surface area contributed by atoms with Crippen LogP contribution in [0.15, 0.2) is 18.2 Å². The maximum atomic E-state index is 13.1. The SMILES string of the molecule is COc1cc(-c2n[nH]c(Cl)n2)ccc1F. The van der Waals surface area contributed by atoms with Gasteiger partial charge in [-0.05, 0) is 29.8 Å². The Bertz CT molecular complexity index is 486. The van der Waals surface area contributed by atoms with Gasteiger partial charge in [0.05, 0.1) is 7.11 Å². The second-order valence-electron chi connectivity index (χ2n) is 2.80. The zero-order chi connectivity index (χ0) is 10.8. The topological polar surface area (TPSA) is 50.8 Å². The number of nitrogens with zero attached hydrogens (tertiary/aromatic N) is 2. The second-order valence-corrected chi connectivity index (χ2v) is 3.16. The molecule has 78 valence electrons. The van der Waals surface area contributed by atoms with Crippen LogP contribution < -0.4 is 4.74 Å². The maximum Gasteiger partial charge on any atom is 0.218 e. The van der Waals surface area contributed by atoms with Gasteiger partial charge in [-0.2, -0.15) is 10.1 Å². The number of benzene rings is 1. The molecule has 1 aromatic carbocycles. The summed E-state index contributed by atoms with van der Waals surface area (Å²) in [5.74, 6) is 0.120. The number of ether oxygens (including phenoxy) is 1. The minimum Gasteiger partial charge on any atom is -0.494 e. The molecule has 0 saturated carbocycles. The van der Waals surface area contributed by atoms with Gasteiger partial charge in [-0.15, -0.1) is 0 Å². The molecule has 0 bridgehead atoms. The molecule has 0 saturated heterocycles. The fourth-order valence-corrected chi connectivity index (χ4v) is 1.29. The molecule has 6 heteroatoms. The Balaban J connectivity index is 2.45. The van der Waals surface area contributed by atoms with Crippen LogP contribution in [-0.4, -0.2) is 22.3 Å². The van der Waals surface area contributed by atoms with Crippen molar-refractivity contribution in [3.8, 4) is 17.1 Å². The second kappa shape index (κ2) is 3.86. The van der Waals surface area contributed by atoms with E-state index in [2.05, 4.69) is 15.2 Å². The van der Waals surface area contributed by atoms with Crippen molar-refractivity contribution in [1.82, 2.24) is 15.2 Å². The zero-order valence-electron chi connectivity index (χ0n) is 7.79. The minimum absolute atomic E-state index is 0.147. The largest absolute Gasteiger partial charge is 0.494 e. The highest BCUT2D eigenvalue weighted by atomic mass is 35.5. The van der Waals surface area contributed by atoms with Crippen LogP contribution in [-0.2, 0) is 0 Å². The van der Waals surface area contributed by atoms with Crippen LogP contribution in [0.2, 0.25) is 5.28 Å². The van der Waals surface area contributed by atoms with Crippen molar-refractivity contribution in [1.29, 1.82) is 0 Å². The first-order valence-corrected chi connectivity index (χ1v) is 4.50. The summed E-state index contributed by atoms with van der Waals surface area (Å²) in [7, 11) is 1.40. The maximum absolute atomic E-state index is 13.1. The summed E-state index contributed by atoms with van der Waals surface area (Å²) in [6, 6.07) is 4.35. The molecule has 0 aliphatic rings. The fraction of sp³-hybridized carbons (Fsp3) is 0.111. The van der Waals surface area contributed by atoms with Crippen LogP contribution in [0.1, 0.15) is 0 Å². The predicted octanol–water partition coefficient (Wildman–Crippen LogP) is 2.27. The first-order valence-electron chi connectivity index (χ1n) is 4.12. The van der Waals surface area contributed by atoms with E-state index in [1.165, 1.54) is 19.2 Å². The summed E-state index contributed by atoms with van der Waals surface area (Å²) in [5.41, 5.74) is 0.636. The van der Waals surface area contributed by atoms with Crippen LogP contribution in [0.4, 0.5) is 4.39 Å². The van der Waals surface area contributed by atoms with Gasteiger partial charge in [0.15, 0.2) is 17.4 Å². The zero-order valence-corrected chi connectivity index (χ0v) is 8.55. The predicted molar refractivity (Wildman–Crippen MR) is 53.3 cm³/mol. The molecule has 0 fully saturated rings. The molecule has 0 amide bonds. The molecule has 0 aliphatic carbocycles. The van der Waals surface area contributed by atoms with Gasteiger partial charge in [0.25, 0.3) is 0 Å². The monoisotopic (exact) mass is 227 g/mol. The van der Waals surface area contributed by atoms with Crippen LogP contribution in [0, 0.1) is 5.82 Å². The summed E-state index contributed by atoms with van der Waals surface area (Å²) >= 11 is 5.58. The molecule has 0 aliphatic heterocycles. The molecule has 0 atom stereocenters. The smallest absolute Gasteiger partial charge is 0.218 e. The first-order chi connectivity index (χ1) is 7.20. The van der Waals surface area contributed by atoms with Crippen molar-refractivity contribution in [2.75, 3.05) is 7.11 Å². The van der Waals surface area contributed by atoms with E-state index in [1.807, 2.05) is 0 Å². The third-order valence-corrected chi connectivity index (χ3v) is 2.04. The fourth-order valence-electron chi connectivity index (χ4n) is 1.17. The van der Waals surface area contributed by atoms with Crippen LogP contribution >= 0.6 is 11.6 Å². The van der Waals surface area contributed by atoms with E-state index >= 15 is 0 Å². The Kier molecular flexibility index (Phi) is 2.55. The van der Waals surface area contributed by atoms with Crippen LogP contribution in [0.25, 0.3) is 11.4 Å². The lowest BCUT2D eigenvalue weighted by Crippen LogP contribution is -1.89. The van der Waals surface area contributed by atoms with Gasteiger partial charge >= 0.3 is 0 Å². The highest BCUT2D eigenvalue weighted by Crippen LogP contribution is 2.24. The average molecular weight is 228 g/mol. The van der Waals surface area contributed by atoms with Crippen molar-refractivity contribution in [2.24, 2.45) is 0 Å². The normalized spacial score (nSPS) is 10.3. The molecule has 0 unspecified atom stereocenters. The van der Waals surface area contributed by atoms with Gasteiger partial charge in [-0.3, -0.25) is 0 Å². The minimum atomic E-state index is -0.428. The summed E-state index contributed by atoms with van der Waals surface area (Å²) in [5, 5.41) is 6.52. The number of rotatable bonds is 2. The molecule has 0 radical (unpaired) electrons. The standard InChI is InChI=1S/C9H7ClFN3O/c1-15-7-4-5(2-3-6(7)11)8-12-9(10)14-13-8/h2-4H,1H3,(H,12,13,14). The third-order valence-electron chi connectivity index (χ3n) is 1.87. The number of hydrogen-bond acceptors (Lipinski definition) is 3. The Morgan fingerprint density at radius 2 is 2.27 bits per heavy atom. The van der Waals surface area contributed by atoms with Gasteiger partial charge in [-0.1, -0.05) is 0 Å². The lowest BCUT2D eigenvalue weighted by atomic mass is 10.2. The quantitative estimate of drug-likeness (QED) is 0.856. The van der Waals surface area contributed by atoms with Gasteiger partial charge in [0, 0.05) is 5.56 Å². The van der Waals surface area contributed by atoms with Gasteiger partial charge in [0.1, 0.15) is 0 Å². The van der Waals surface area contributed by atoms with E-state index < -0.39 is 5.82 Å². The molecule has 2 aromatic rings. The molecule has 2 rings (SSSR count). The van der Waals surface area contributed by atoms with E-state index in [-0.39, 0.29) is 11.0 Å². The average Bonchev–Trinajstić information content (AvgIpc) is 2.66. The molecular weight excluding hydrogens is 221 g/mol. The summed E-state index contributed by atoms with van der Waals surface area (Å²) < 4.78 is 17.9. The summed E-state index contributed by atoms with van der Waals surface area (Å²) in [4.78, 5) is 3.91. The highest BCUT2D eigenvalue weighted by Gasteiger charge is 2.08. The highest BCUT2D eigenvalue weighted by molar-refractivity contribution is 6.28. The van der Waals surface area contributed by atoms with Gasteiger partial charge in [0.2, 0.25) is 5.28 Å². The lowest BCUT2D eigenvalue weighted by Gasteiger charge is -2.02. The van der Waals surface area contributed by atoms with Crippen molar-refractivity contribution >= 4 is 11.6 Å². The van der Waals surface area contributed by atoms with Crippen LogP contribution in [0.3, 0.4) is 0 Å². The van der Waals surface area contributed by atoms with Gasteiger partial charge < -0.3 is 4.74 Å². The molecule has 1 aromatic heterocycles. The Hall–Kier alpha value is -1.62. The molecule has 4 nitrogen and oxygen atoms in total. The number of nitrogens with one attached hydrogen (secondary N) is 1. The molecule has 1 N–H and O–H groups in total. The van der Waals surface area contributed by atoms with Crippen molar-refractivity contribution in [2.45, 2.75) is 0 Å². The Morgan fingerprint density at radius 1 is 1.47 bits per heavy atom. The lowest BCUT2D eigenvalue weighted by molar-refractivity contribution is 0.387. The Labute approximate surface area is 90.1 Å². The van der Waals surface area contributed by atoms with E-state index in [4.69, 9.17) is 16.3 Å². The number of hydrogen-bond donors (Lipinski definition) is 1. The van der Waals surface area contributed by atoms with E-state index in [9.17, 15) is 4.39 Å². The van der Waals surface area contributed by atoms with Crippen LogP contribution in [0.5, 0.6) is 5.75 Å². The molecule has 15 heavy (non-hydrogen) atoms. The molecule has 1 heterocycles. The number of aromatic nitrogens is 3. The van der Waals surface area contributed by atoms with E-state index in [1.54, 1.807) is 6.07 Å². The Morgan fingerprint density at radius 3 is 2.87 bits per heavy atom. The van der Waals surface area contributed by atoms with E-state index in [0.717, 1.165) is 0 Å². The summed E-state index contributed by atoms with van der Waals surface area (Å²) in [6.45, 7) is 0. The number of halogens is 2. The van der Waals surface area contributed by atoms with Crippen molar-refractivity contribution in [3.05, 3.63) is 29.3 Å². The summed E-state index contributed by atoms with van der Waals surface area (Å²) in [6.07, 6.45) is 0. The van der Waals surface area contributed by atoms with Crippen molar-refractivity contribution in [3.63, 3.8) is 0 Å². The third kappa shape index (κ3) is 1.92. The number of H-pyrrole nitrogens is 1. The van der Waals surface area contributed by atoms with Crippen molar-refractivity contribution < 1.29 is 9.13 Å². The molecular formula is C9H7ClFN3O. The molecule has 0 spiro atoms. The van der Waals surface area contributed by atoms with Gasteiger partial charge in [-0.25, -0.2) is 9.49 Å².